The zero-order valence-electron chi connectivity index (χ0n) is 20.4. The number of rotatable bonds is 7. The Morgan fingerprint density at radius 2 is 1.55 bits per heavy atom. The van der Waals surface area contributed by atoms with E-state index in [4.69, 9.17) is 0 Å². The van der Waals surface area contributed by atoms with E-state index < -0.39 is 6.04 Å². The van der Waals surface area contributed by atoms with Gasteiger partial charge in [0.1, 0.15) is 6.04 Å². The first-order chi connectivity index (χ1) is 15.8. The van der Waals surface area contributed by atoms with Crippen molar-refractivity contribution in [1.29, 1.82) is 0 Å². The number of carbonyl (C=O) groups excluding carboxylic acids is 3. The van der Waals surface area contributed by atoms with E-state index in [9.17, 15) is 14.4 Å². The fraction of sp³-hybridized carbons (Fsp3) is 0.654. The summed E-state index contributed by atoms with van der Waals surface area (Å²) in [6, 6.07) is 7.15. The van der Waals surface area contributed by atoms with Gasteiger partial charge in [0.15, 0.2) is 0 Å². The molecule has 1 aliphatic carbocycles. The highest BCUT2D eigenvalue weighted by Gasteiger charge is 2.31. The van der Waals surface area contributed by atoms with Crippen molar-refractivity contribution in [3.8, 4) is 0 Å². The number of benzene rings is 1. The third-order valence-corrected chi connectivity index (χ3v) is 6.78. The van der Waals surface area contributed by atoms with Gasteiger partial charge in [0.05, 0.1) is 0 Å². The van der Waals surface area contributed by atoms with E-state index >= 15 is 0 Å². The van der Waals surface area contributed by atoms with Crippen LogP contribution in [0.15, 0.2) is 24.3 Å². The number of aryl methyl sites for hydroxylation is 1. The van der Waals surface area contributed by atoms with Crippen molar-refractivity contribution in [2.75, 3.05) is 13.1 Å². The molecular weight excluding hydrogens is 416 g/mol. The minimum absolute atomic E-state index is 0.0317. The maximum Gasteiger partial charge on any atom is 0.315 e. The minimum Gasteiger partial charge on any atom is -0.341 e. The van der Waals surface area contributed by atoms with Gasteiger partial charge in [-0.3, -0.25) is 9.59 Å². The second-order valence-electron chi connectivity index (χ2n) is 10.0. The van der Waals surface area contributed by atoms with E-state index in [0.717, 1.165) is 31.2 Å². The number of piperidine rings is 1. The smallest absolute Gasteiger partial charge is 0.315 e. The molecule has 2 aliphatic rings. The van der Waals surface area contributed by atoms with Crippen LogP contribution in [-0.2, 0) is 4.79 Å². The van der Waals surface area contributed by atoms with Gasteiger partial charge in [-0.2, -0.15) is 0 Å². The number of urea groups is 1. The molecule has 1 saturated heterocycles. The van der Waals surface area contributed by atoms with Gasteiger partial charge in [-0.25, -0.2) is 4.79 Å². The Morgan fingerprint density at radius 3 is 2.15 bits per heavy atom. The molecule has 3 rings (SSSR count). The molecule has 1 atom stereocenters. The molecule has 7 nitrogen and oxygen atoms in total. The summed E-state index contributed by atoms with van der Waals surface area (Å²) in [6.45, 7) is 7.18. The van der Waals surface area contributed by atoms with Crippen molar-refractivity contribution in [2.24, 2.45) is 5.92 Å². The predicted molar refractivity (Wildman–Crippen MR) is 130 cm³/mol. The van der Waals surface area contributed by atoms with Crippen LogP contribution in [0.4, 0.5) is 4.79 Å². The number of hydrogen-bond donors (Lipinski definition) is 3. The number of nitrogens with zero attached hydrogens (tertiary/aromatic N) is 1. The third kappa shape index (κ3) is 7.47. The topological polar surface area (TPSA) is 90.5 Å². The van der Waals surface area contributed by atoms with Crippen LogP contribution in [0.25, 0.3) is 0 Å². The van der Waals surface area contributed by atoms with E-state index in [2.05, 4.69) is 29.8 Å². The standard InChI is InChI=1S/C26H40N4O3/c1-18(2)17-23(29-24(31)22-12-8-7-9-19(22)3)25(32)30-15-13-21(14-16-30)28-26(33)27-20-10-5-4-6-11-20/h7-9,12,18,20-21,23H,4-6,10-11,13-17H2,1-3H3,(H,29,31)(H2,27,28,33). The van der Waals surface area contributed by atoms with Crippen molar-refractivity contribution < 1.29 is 14.4 Å². The van der Waals surface area contributed by atoms with E-state index in [-0.39, 0.29) is 35.8 Å². The van der Waals surface area contributed by atoms with E-state index in [0.29, 0.717) is 25.1 Å². The molecule has 2 fully saturated rings. The number of amides is 4. The fourth-order valence-corrected chi connectivity index (χ4v) is 4.88. The summed E-state index contributed by atoms with van der Waals surface area (Å²) < 4.78 is 0. The molecule has 1 heterocycles. The molecule has 0 spiro atoms. The lowest BCUT2D eigenvalue weighted by Crippen LogP contribution is -2.54. The van der Waals surface area contributed by atoms with E-state index in [1.54, 1.807) is 6.07 Å². The van der Waals surface area contributed by atoms with Gasteiger partial charge >= 0.3 is 6.03 Å². The van der Waals surface area contributed by atoms with Crippen molar-refractivity contribution in [2.45, 2.75) is 90.3 Å². The van der Waals surface area contributed by atoms with Crippen molar-refractivity contribution >= 4 is 17.8 Å². The molecule has 7 heteroatoms. The highest BCUT2D eigenvalue weighted by atomic mass is 16.2. The van der Waals surface area contributed by atoms with Crippen LogP contribution >= 0.6 is 0 Å². The molecule has 0 bridgehead atoms. The Balaban J connectivity index is 1.51. The summed E-state index contributed by atoms with van der Waals surface area (Å²) >= 11 is 0. The Labute approximate surface area is 198 Å². The molecule has 1 saturated carbocycles. The second kappa shape index (κ2) is 12.1. The fourth-order valence-electron chi connectivity index (χ4n) is 4.88. The molecule has 3 N–H and O–H groups in total. The lowest BCUT2D eigenvalue weighted by Gasteiger charge is -2.35. The summed E-state index contributed by atoms with van der Waals surface area (Å²) in [6.07, 6.45) is 7.80. The van der Waals surface area contributed by atoms with Gasteiger partial charge < -0.3 is 20.9 Å². The normalized spacial score (nSPS) is 18.6. The number of likely N-dealkylation sites (tertiary alicyclic amines) is 1. The first-order valence-corrected chi connectivity index (χ1v) is 12.6. The molecule has 1 aromatic rings. The van der Waals surface area contributed by atoms with Crippen LogP contribution < -0.4 is 16.0 Å². The minimum atomic E-state index is -0.545. The summed E-state index contributed by atoms with van der Waals surface area (Å²) in [5.74, 6) is 0.0394. The predicted octanol–water partition coefficient (Wildman–Crippen LogP) is 3.76. The Bertz CT molecular complexity index is 812. The highest BCUT2D eigenvalue weighted by molar-refractivity contribution is 5.98. The molecular formula is C26H40N4O3. The van der Waals surface area contributed by atoms with Crippen LogP contribution in [-0.4, -0.2) is 54.0 Å². The average Bonchev–Trinajstić information content (AvgIpc) is 2.79. The van der Waals surface area contributed by atoms with E-state index in [1.807, 2.05) is 30.0 Å². The number of nitrogens with one attached hydrogen (secondary N) is 3. The molecule has 33 heavy (non-hydrogen) atoms. The van der Waals surface area contributed by atoms with Gasteiger partial charge in [-0.05, 0) is 56.6 Å². The maximum absolute atomic E-state index is 13.3. The molecule has 0 radical (unpaired) electrons. The number of hydrogen-bond acceptors (Lipinski definition) is 3. The van der Waals surface area contributed by atoms with Crippen molar-refractivity contribution in [3.05, 3.63) is 35.4 Å². The lowest BCUT2D eigenvalue weighted by molar-refractivity contribution is -0.134. The molecule has 1 aromatic carbocycles. The van der Waals surface area contributed by atoms with E-state index in [1.165, 1.54) is 19.3 Å². The third-order valence-electron chi connectivity index (χ3n) is 6.78. The lowest BCUT2D eigenvalue weighted by atomic mass is 9.96. The zero-order chi connectivity index (χ0) is 23.8. The van der Waals surface area contributed by atoms with Crippen molar-refractivity contribution in [1.82, 2.24) is 20.9 Å². The van der Waals surface area contributed by atoms with Crippen LogP contribution in [0.3, 0.4) is 0 Å². The number of carbonyl (C=O) groups is 3. The van der Waals surface area contributed by atoms with Crippen molar-refractivity contribution in [3.63, 3.8) is 0 Å². The maximum atomic E-state index is 13.3. The van der Waals surface area contributed by atoms with Crippen LogP contribution in [0.2, 0.25) is 0 Å². The van der Waals surface area contributed by atoms with Gasteiger partial charge in [-0.15, -0.1) is 0 Å². The van der Waals surface area contributed by atoms with Gasteiger partial charge in [0.2, 0.25) is 5.91 Å². The summed E-state index contributed by atoms with van der Waals surface area (Å²) in [5, 5.41) is 9.17. The average molecular weight is 457 g/mol. The molecule has 4 amide bonds. The summed E-state index contributed by atoms with van der Waals surface area (Å²) in [5.41, 5.74) is 1.50. The van der Waals surface area contributed by atoms with Gasteiger partial charge in [0.25, 0.3) is 5.91 Å². The summed E-state index contributed by atoms with van der Waals surface area (Å²) in [7, 11) is 0. The van der Waals surface area contributed by atoms with Gasteiger partial charge in [-0.1, -0.05) is 51.3 Å². The Kier molecular flexibility index (Phi) is 9.15. The Morgan fingerprint density at radius 1 is 0.939 bits per heavy atom. The van der Waals surface area contributed by atoms with Crippen LogP contribution in [0.5, 0.6) is 0 Å². The molecule has 0 aromatic heterocycles. The molecule has 1 unspecified atom stereocenters. The Hall–Kier alpha value is -2.57. The molecule has 182 valence electrons. The largest absolute Gasteiger partial charge is 0.341 e. The highest BCUT2D eigenvalue weighted by Crippen LogP contribution is 2.18. The zero-order valence-corrected chi connectivity index (χ0v) is 20.4. The first-order valence-electron chi connectivity index (χ1n) is 12.6. The SMILES string of the molecule is Cc1ccccc1C(=O)NC(CC(C)C)C(=O)N1CCC(NC(=O)NC2CCCCC2)CC1. The monoisotopic (exact) mass is 456 g/mol. The first kappa shape index (κ1) is 25.1. The van der Waals surface area contributed by atoms with Gasteiger partial charge in [0, 0.05) is 30.7 Å². The van der Waals surface area contributed by atoms with Crippen LogP contribution in [0.1, 0.15) is 81.1 Å². The van der Waals surface area contributed by atoms with Crippen LogP contribution in [0, 0.1) is 12.8 Å². The quantitative estimate of drug-likeness (QED) is 0.583. The molecule has 1 aliphatic heterocycles. The second-order valence-corrected chi connectivity index (χ2v) is 10.0. The summed E-state index contributed by atoms with van der Waals surface area (Å²) in [4.78, 5) is 40.3.